The van der Waals surface area contributed by atoms with E-state index in [2.05, 4.69) is 20.8 Å². The van der Waals surface area contributed by atoms with E-state index in [1.165, 1.54) is 5.01 Å². The summed E-state index contributed by atoms with van der Waals surface area (Å²) in [4.78, 5) is 47.6. The molecule has 23 heavy (non-hydrogen) atoms. The average Bonchev–Trinajstić information content (AvgIpc) is 3.29. The number of hydrogen-bond acceptors (Lipinski definition) is 8. The van der Waals surface area contributed by atoms with Crippen molar-refractivity contribution >= 4 is 23.8 Å². The van der Waals surface area contributed by atoms with Crippen LogP contribution in [0.25, 0.3) is 0 Å². The Hall–Kier alpha value is -2.88. The molecule has 0 spiro atoms. The third-order valence-corrected chi connectivity index (χ3v) is 2.82. The first kappa shape index (κ1) is 16.5. The maximum absolute atomic E-state index is 12.4. The quantitative estimate of drug-likeness (QED) is 0.455. The summed E-state index contributed by atoms with van der Waals surface area (Å²) in [6, 6.07) is 0. The number of nitrogens with zero attached hydrogens (tertiary/aromatic N) is 1. The Morgan fingerprint density at radius 3 is 2.26 bits per heavy atom. The fourth-order valence-corrected chi connectivity index (χ4v) is 1.85. The van der Waals surface area contributed by atoms with Crippen molar-refractivity contribution in [2.45, 2.75) is 13.8 Å². The first-order valence-corrected chi connectivity index (χ1v) is 6.91. The van der Waals surface area contributed by atoms with E-state index >= 15 is 0 Å². The summed E-state index contributed by atoms with van der Waals surface area (Å²) in [5.41, 5.74) is 2.16. The number of hydrogen-bond donors (Lipinski definition) is 3. The zero-order chi connectivity index (χ0) is 17.0. The lowest BCUT2D eigenvalue weighted by Crippen LogP contribution is -2.40. The number of rotatable bonds is 5. The highest BCUT2D eigenvalue weighted by molar-refractivity contribution is 6.23. The molecule has 1 fully saturated rings. The summed E-state index contributed by atoms with van der Waals surface area (Å²) >= 11 is 0. The van der Waals surface area contributed by atoms with Crippen LogP contribution in [-0.4, -0.2) is 48.6 Å². The zero-order valence-electron chi connectivity index (χ0n) is 12.6. The van der Waals surface area contributed by atoms with E-state index in [0.717, 1.165) is 6.08 Å². The summed E-state index contributed by atoms with van der Waals surface area (Å²) in [6.45, 7) is 3.76. The lowest BCUT2D eigenvalue weighted by molar-refractivity contribution is -0.117. The van der Waals surface area contributed by atoms with Gasteiger partial charge in [0.1, 0.15) is 18.1 Å². The van der Waals surface area contributed by atoms with E-state index in [9.17, 15) is 19.2 Å². The van der Waals surface area contributed by atoms with Crippen LogP contribution in [0, 0.1) is 0 Å². The summed E-state index contributed by atoms with van der Waals surface area (Å²) < 4.78 is 9.38. The first-order valence-electron chi connectivity index (χ1n) is 6.91. The highest BCUT2D eigenvalue weighted by Crippen LogP contribution is 2.22. The highest BCUT2D eigenvalue weighted by Gasteiger charge is 2.37. The first-order chi connectivity index (χ1) is 11.0. The molecule has 10 nitrogen and oxygen atoms in total. The average molecular weight is 324 g/mol. The maximum atomic E-state index is 12.4. The molecule has 2 amide bonds. The van der Waals surface area contributed by atoms with Gasteiger partial charge < -0.3 is 9.47 Å². The predicted molar refractivity (Wildman–Crippen MR) is 75.3 cm³/mol. The fraction of sp³-hybridized carbons (Fsp3) is 0.385. The van der Waals surface area contributed by atoms with Gasteiger partial charge in [0.25, 0.3) is 0 Å². The van der Waals surface area contributed by atoms with Crippen LogP contribution in [-0.2, 0) is 19.1 Å². The molecule has 1 aliphatic carbocycles. The Bertz CT molecular complexity index is 620. The van der Waals surface area contributed by atoms with Crippen LogP contribution < -0.4 is 16.1 Å². The minimum absolute atomic E-state index is 0.0162. The summed E-state index contributed by atoms with van der Waals surface area (Å²) in [5, 5.41) is 5.81. The molecule has 0 radical (unpaired) electrons. The molecule has 0 aromatic rings. The van der Waals surface area contributed by atoms with Crippen molar-refractivity contribution in [2.75, 3.05) is 19.9 Å². The normalized spacial score (nSPS) is 16.8. The van der Waals surface area contributed by atoms with E-state index in [-0.39, 0.29) is 30.3 Å². The molecule has 0 bridgehead atoms. The molecule has 1 heterocycles. The van der Waals surface area contributed by atoms with Crippen molar-refractivity contribution in [3.05, 3.63) is 23.2 Å². The zero-order valence-corrected chi connectivity index (χ0v) is 12.6. The molecule has 10 heteroatoms. The molecule has 0 unspecified atom stereocenters. The molecule has 0 aromatic heterocycles. The molecule has 124 valence electrons. The van der Waals surface area contributed by atoms with Gasteiger partial charge in [-0.1, -0.05) is 0 Å². The second-order valence-electron chi connectivity index (χ2n) is 4.41. The lowest BCUT2D eigenvalue weighted by Gasteiger charge is -2.19. The maximum Gasteiger partial charge on any atom is 0.411 e. The molecule has 1 saturated heterocycles. The number of alkyl carbamates (subject to hydrolysis) is 2. The lowest BCUT2D eigenvalue weighted by atomic mass is 10.0. The number of ketones is 2. The van der Waals surface area contributed by atoms with Crippen molar-refractivity contribution in [1.82, 2.24) is 21.1 Å². The van der Waals surface area contributed by atoms with Gasteiger partial charge in [-0.2, -0.15) is 0 Å². The van der Waals surface area contributed by atoms with Crippen LogP contribution in [0.15, 0.2) is 23.2 Å². The number of ether oxygens (including phenoxy) is 2. The Morgan fingerprint density at radius 2 is 1.74 bits per heavy atom. The van der Waals surface area contributed by atoms with Gasteiger partial charge in [0.15, 0.2) is 0 Å². The van der Waals surface area contributed by atoms with Crippen molar-refractivity contribution < 1.29 is 28.7 Å². The minimum atomic E-state index is -0.875. The van der Waals surface area contributed by atoms with Crippen molar-refractivity contribution in [3.8, 4) is 0 Å². The molecule has 3 N–H and O–H groups in total. The van der Waals surface area contributed by atoms with Crippen LogP contribution in [0.2, 0.25) is 0 Å². The topological polar surface area (TPSA) is 136 Å². The van der Waals surface area contributed by atoms with Crippen molar-refractivity contribution in [1.29, 1.82) is 0 Å². The number of carbonyl (C=O) groups is 4. The molecular weight excluding hydrogens is 308 g/mol. The predicted octanol–water partition coefficient (Wildman–Crippen LogP) is -0.496. The van der Waals surface area contributed by atoms with Gasteiger partial charge in [0.2, 0.25) is 11.6 Å². The van der Waals surface area contributed by atoms with E-state index in [1.54, 1.807) is 13.8 Å². The van der Waals surface area contributed by atoms with E-state index in [4.69, 9.17) is 4.74 Å². The van der Waals surface area contributed by atoms with Crippen molar-refractivity contribution in [3.63, 3.8) is 0 Å². The van der Waals surface area contributed by atoms with Gasteiger partial charge in [-0.3, -0.25) is 25.2 Å². The molecule has 1 aliphatic heterocycles. The summed E-state index contributed by atoms with van der Waals surface area (Å²) in [5.74, 6) is -1.28. The molecule has 0 aromatic carbocycles. The molecule has 2 rings (SSSR count). The van der Waals surface area contributed by atoms with Crippen LogP contribution in [0.3, 0.4) is 0 Å². The number of Topliss-reactive ketones (excluding diaryl/α,β-unsaturated/α-hetero) is 1. The van der Waals surface area contributed by atoms with Crippen LogP contribution in [0.1, 0.15) is 13.8 Å². The van der Waals surface area contributed by atoms with E-state index < -0.39 is 23.8 Å². The Labute approximate surface area is 131 Å². The van der Waals surface area contributed by atoms with Crippen LogP contribution >= 0.6 is 0 Å². The standard InChI is InChI=1S/C13H16N4O6/c1-3-22-12(20)15-7-5-8(18)10(17-6-14-17)9(11(7)19)16-13(21)23-4-2/h5,14H,3-4,6H2,1-2H3,(H,15,20)(H,16,21). The number of hydrazine groups is 1. The SMILES string of the molecule is CCOC(=O)NC1=CC(=O)C(N2CN2)=C(NC(=O)OCC)C1=O. The van der Waals surface area contributed by atoms with Gasteiger partial charge in [0, 0.05) is 6.08 Å². The van der Waals surface area contributed by atoms with E-state index in [1.807, 2.05) is 0 Å². The van der Waals surface area contributed by atoms with E-state index in [0.29, 0.717) is 6.67 Å². The smallest absolute Gasteiger partial charge is 0.411 e. The molecule has 0 atom stereocenters. The van der Waals surface area contributed by atoms with Crippen LogP contribution in [0.5, 0.6) is 0 Å². The fourth-order valence-electron chi connectivity index (χ4n) is 1.85. The van der Waals surface area contributed by atoms with Gasteiger partial charge in [0.05, 0.1) is 18.9 Å². The Balaban J connectivity index is 2.24. The van der Waals surface area contributed by atoms with Gasteiger partial charge in [-0.15, -0.1) is 0 Å². The minimum Gasteiger partial charge on any atom is -0.450 e. The van der Waals surface area contributed by atoms with Gasteiger partial charge in [-0.25, -0.2) is 15.0 Å². The number of nitrogens with one attached hydrogen (secondary N) is 3. The molecular formula is C13H16N4O6. The van der Waals surface area contributed by atoms with Crippen molar-refractivity contribution in [2.24, 2.45) is 0 Å². The molecule has 0 saturated carbocycles. The summed E-state index contributed by atoms with van der Waals surface area (Å²) in [6.07, 6.45) is -0.769. The monoisotopic (exact) mass is 324 g/mol. The second-order valence-corrected chi connectivity index (χ2v) is 4.41. The largest absolute Gasteiger partial charge is 0.450 e. The number of allylic oxidation sites excluding steroid dienone is 1. The highest BCUT2D eigenvalue weighted by atomic mass is 16.6. The number of amides is 2. The Morgan fingerprint density at radius 1 is 1.17 bits per heavy atom. The summed E-state index contributed by atoms with van der Waals surface area (Å²) in [7, 11) is 0. The second kappa shape index (κ2) is 6.92. The van der Waals surface area contributed by atoms with Gasteiger partial charge >= 0.3 is 12.2 Å². The van der Waals surface area contributed by atoms with Crippen LogP contribution in [0.4, 0.5) is 9.59 Å². The third kappa shape index (κ3) is 3.86. The molecule has 2 aliphatic rings. The Kier molecular flexibility index (Phi) is 4.96. The number of carbonyl (C=O) groups excluding carboxylic acids is 4. The van der Waals surface area contributed by atoms with Gasteiger partial charge in [-0.05, 0) is 13.8 Å². The third-order valence-electron chi connectivity index (χ3n) is 2.82.